The zero-order chi connectivity index (χ0) is 31.4. The number of aromatic nitrogens is 2. The van der Waals surface area contributed by atoms with Gasteiger partial charge in [-0.2, -0.15) is 4.31 Å². The van der Waals surface area contributed by atoms with Crippen LogP contribution in [0.25, 0.3) is 10.4 Å². The van der Waals surface area contributed by atoms with Gasteiger partial charge in [0.25, 0.3) is 5.56 Å². The molecule has 2 aliphatic rings. The lowest BCUT2D eigenvalue weighted by atomic mass is 9.97. The number of phosphoric ester groups is 2. The number of amides is 1. The van der Waals surface area contributed by atoms with Crippen LogP contribution >= 0.6 is 15.6 Å². The molecule has 25 heteroatoms. The highest BCUT2D eigenvalue weighted by atomic mass is 31.3. The largest absolute Gasteiger partial charge is 0.483 e. The lowest BCUT2D eigenvalue weighted by Crippen LogP contribution is -2.64. The number of phosphoric acid groups is 2. The summed E-state index contributed by atoms with van der Waals surface area (Å²) in [6.45, 7) is -2.85. The van der Waals surface area contributed by atoms with Gasteiger partial charge in [-0.05, 0) is 5.53 Å². The number of hydrogen-bond donors (Lipinski definition) is 9. The maximum atomic E-state index is 12.5. The van der Waals surface area contributed by atoms with E-state index in [1.54, 1.807) is 0 Å². The van der Waals surface area contributed by atoms with Gasteiger partial charge in [0.05, 0.1) is 13.2 Å². The maximum absolute atomic E-state index is 12.5. The summed E-state index contributed by atoms with van der Waals surface area (Å²) in [5, 5.41) is 55.1. The quantitative estimate of drug-likeness (QED) is 0.0447. The predicted octanol–water partition coefficient (Wildman–Crippen LogP) is -4.36. The molecule has 3 rings (SSSR count). The van der Waals surface area contributed by atoms with E-state index >= 15 is 0 Å². The first kappa shape index (κ1) is 33.9. The topological polar surface area (TPSA) is 355 Å². The average Bonchev–Trinajstić information content (AvgIpc) is 3.18. The van der Waals surface area contributed by atoms with Crippen molar-refractivity contribution in [2.75, 3.05) is 19.8 Å². The molecule has 0 aromatic carbocycles. The second-order valence-electron chi connectivity index (χ2n) is 8.67. The number of nitrogens with one attached hydrogen (secondary N) is 2. The molecule has 11 atom stereocenters. The van der Waals surface area contributed by atoms with E-state index < -0.39 is 108 Å². The Morgan fingerprint density at radius 2 is 1.76 bits per heavy atom. The van der Waals surface area contributed by atoms with Crippen LogP contribution in [0.3, 0.4) is 0 Å². The van der Waals surface area contributed by atoms with Gasteiger partial charge in [-0.25, -0.2) is 13.9 Å². The van der Waals surface area contributed by atoms with Gasteiger partial charge in [0.15, 0.2) is 12.5 Å². The van der Waals surface area contributed by atoms with Gasteiger partial charge in [0.2, 0.25) is 5.91 Å². The zero-order valence-electron chi connectivity index (χ0n) is 20.9. The van der Waals surface area contributed by atoms with Crippen LogP contribution in [-0.4, -0.2) is 119 Å². The second kappa shape index (κ2) is 13.8. The van der Waals surface area contributed by atoms with E-state index in [0.29, 0.717) is 4.57 Å². The zero-order valence-corrected chi connectivity index (χ0v) is 22.7. The van der Waals surface area contributed by atoms with Gasteiger partial charge in [-0.1, -0.05) is 5.11 Å². The number of azide groups is 1. The van der Waals surface area contributed by atoms with E-state index in [0.717, 1.165) is 12.3 Å². The Bertz CT molecular complexity index is 1380. The van der Waals surface area contributed by atoms with Crippen LogP contribution in [0.1, 0.15) is 6.23 Å². The second-order valence-corrected chi connectivity index (χ2v) is 11.7. The minimum Gasteiger partial charge on any atom is -0.394 e. The van der Waals surface area contributed by atoms with Crippen LogP contribution in [0.5, 0.6) is 0 Å². The minimum absolute atomic E-state index is 0.705. The highest BCUT2D eigenvalue weighted by Crippen LogP contribution is 2.61. The van der Waals surface area contributed by atoms with Crippen LogP contribution in [0.2, 0.25) is 0 Å². The van der Waals surface area contributed by atoms with Crippen molar-refractivity contribution in [1.29, 1.82) is 0 Å². The first-order valence-electron chi connectivity index (χ1n) is 11.5. The van der Waals surface area contributed by atoms with Crippen LogP contribution in [-0.2, 0) is 36.8 Å². The number of rotatable bonds is 12. The third-order valence-corrected chi connectivity index (χ3v) is 8.39. The van der Waals surface area contributed by atoms with Crippen molar-refractivity contribution in [1.82, 2.24) is 14.9 Å². The number of aromatic amines is 1. The lowest BCUT2D eigenvalue weighted by molar-refractivity contribution is -0.247. The van der Waals surface area contributed by atoms with E-state index in [9.17, 15) is 58.8 Å². The Hall–Kier alpha value is -2.56. The number of carbonyl (C=O) groups excluding carboxylic acids is 1. The molecule has 9 N–H and O–H groups in total. The molecular formula is C17H26N6O17P2. The molecule has 42 heavy (non-hydrogen) atoms. The number of aliphatic hydroxyl groups excluding tert-OH is 5. The number of H-pyrrole nitrogens is 1. The van der Waals surface area contributed by atoms with Crippen LogP contribution < -0.4 is 16.6 Å². The fourth-order valence-corrected chi connectivity index (χ4v) is 6.01. The summed E-state index contributed by atoms with van der Waals surface area (Å²) >= 11 is 0. The Morgan fingerprint density at radius 1 is 1.10 bits per heavy atom. The van der Waals surface area contributed by atoms with E-state index in [2.05, 4.69) is 23.4 Å². The number of hydrogen-bond acceptors (Lipinski definition) is 16. The highest BCUT2D eigenvalue weighted by Gasteiger charge is 2.50. The molecule has 0 saturated carbocycles. The summed E-state index contributed by atoms with van der Waals surface area (Å²) in [6, 6.07) is -0.958. The first-order chi connectivity index (χ1) is 19.6. The predicted molar refractivity (Wildman–Crippen MR) is 129 cm³/mol. The van der Waals surface area contributed by atoms with Gasteiger partial charge in [-0.3, -0.25) is 28.2 Å². The number of nitrogens with zero attached hydrogens (tertiary/aromatic N) is 4. The summed E-state index contributed by atoms with van der Waals surface area (Å²) in [5.74, 6) is -1.08. The molecule has 2 aliphatic heterocycles. The molecule has 2 saturated heterocycles. The summed E-state index contributed by atoms with van der Waals surface area (Å²) in [7, 11) is -11.3. The van der Waals surface area contributed by atoms with E-state index in [-0.39, 0.29) is 0 Å². The number of ether oxygens (including phenoxy) is 2. The van der Waals surface area contributed by atoms with Crippen LogP contribution in [0.4, 0.5) is 0 Å². The fraction of sp³-hybridized carbons (Fsp3) is 0.706. The SMILES string of the molecule is [N-]=[N+]=NCC(=O)N[C@H]1C(OP(=O)(O)OP(=O)(O)OC[C@H]2O[C@@H](n3ccc(=O)[nH]c3=O)[C@H](O)[C@@H]2O)O[C@H](CO)[C@H](O)[C@@H]1O. The third kappa shape index (κ3) is 8.29. The molecule has 3 unspecified atom stereocenters. The number of carbonyl (C=O) groups is 1. The van der Waals surface area contributed by atoms with Crippen molar-refractivity contribution >= 4 is 21.6 Å². The molecule has 0 bridgehead atoms. The van der Waals surface area contributed by atoms with Crippen molar-refractivity contribution in [2.45, 2.75) is 55.2 Å². The van der Waals surface area contributed by atoms with E-state index in [4.69, 9.17) is 15.0 Å². The fourth-order valence-electron chi connectivity index (χ4n) is 3.85. The highest BCUT2D eigenvalue weighted by molar-refractivity contribution is 7.61. The minimum atomic E-state index is -5.73. The van der Waals surface area contributed by atoms with Crippen molar-refractivity contribution < 1.29 is 72.1 Å². The van der Waals surface area contributed by atoms with Crippen molar-refractivity contribution in [3.63, 3.8) is 0 Å². The molecule has 1 amide bonds. The van der Waals surface area contributed by atoms with Gasteiger partial charge in [0, 0.05) is 17.2 Å². The van der Waals surface area contributed by atoms with Gasteiger partial charge >= 0.3 is 21.3 Å². The summed E-state index contributed by atoms with van der Waals surface area (Å²) in [5.41, 5.74) is 6.54. The summed E-state index contributed by atoms with van der Waals surface area (Å²) in [6.07, 6.45) is -13.6. The Balaban J connectivity index is 1.67. The smallest absolute Gasteiger partial charge is 0.394 e. The first-order valence-corrected chi connectivity index (χ1v) is 14.5. The van der Waals surface area contributed by atoms with Gasteiger partial charge in [0.1, 0.15) is 49.2 Å². The molecule has 1 aromatic heterocycles. The lowest BCUT2D eigenvalue weighted by Gasteiger charge is -2.42. The molecular weight excluding hydrogens is 622 g/mol. The maximum Gasteiger partial charge on any atom is 0.483 e. The van der Waals surface area contributed by atoms with Gasteiger partial charge < -0.3 is 50.1 Å². The van der Waals surface area contributed by atoms with Crippen LogP contribution in [0.15, 0.2) is 27.0 Å². The molecule has 23 nitrogen and oxygen atoms in total. The molecule has 2 fully saturated rings. The number of aliphatic hydroxyl groups is 5. The summed E-state index contributed by atoms with van der Waals surface area (Å²) in [4.78, 5) is 59.4. The van der Waals surface area contributed by atoms with Crippen LogP contribution in [0, 0.1) is 0 Å². The third-order valence-electron chi connectivity index (χ3n) is 5.79. The van der Waals surface area contributed by atoms with E-state index in [1.165, 1.54) is 0 Å². The van der Waals surface area contributed by atoms with Crippen molar-refractivity contribution in [2.24, 2.45) is 5.11 Å². The van der Waals surface area contributed by atoms with Crippen molar-refractivity contribution in [3.05, 3.63) is 43.5 Å². The molecule has 0 aliphatic carbocycles. The Morgan fingerprint density at radius 3 is 2.38 bits per heavy atom. The molecule has 236 valence electrons. The Labute approximate surface area is 232 Å². The molecule has 0 spiro atoms. The average molecular weight is 648 g/mol. The summed E-state index contributed by atoms with van der Waals surface area (Å²) < 4.78 is 49.3. The molecule has 3 heterocycles. The normalized spacial score (nSPS) is 34.1. The standard InChI is InChI=1S/C17H26N6O17P2/c18-22-19-3-9(26)20-10-13(29)11(27)6(4-24)38-16(10)39-42(34,35)40-41(32,33)36-5-7-12(28)14(30)15(37-7)23-2-1-8(25)21-17(23)31/h1-2,6-7,10-16,24,27-30H,3-5H2,(H,20,26)(H,32,33)(H,34,35)(H,21,25,31)/t6-,7-,10-,11+,12-,13-,14-,15-,16?/m1/s1. The van der Waals surface area contributed by atoms with Crippen molar-refractivity contribution in [3.8, 4) is 0 Å². The molecule has 1 aromatic rings. The monoisotopic (exact) mass is 648 g/mol. The van der Waals surface area contributed by atoms with Gasteiger partial charge in [-0.15, -0.1) is 0 Å². The molecule has 0 radical (unpaired) electrons. The van der Waals surface area contributed by atoms with E-state index in [1.807, 2.05) is 10.3 Å². The Kier molecular flexibility index (Phi) is 11.2.